The van der Waals surface area contributed by atoms with E-state index in [1.165, 1.54) is 18.4 Å². The predicted molar refractivity (Wildman–Crippen MR) is 77.3 cm³/mol. The summed E-state index contributed by atoms with van der Waals surface area (Å²) in [4.78, 5) is 2.55. The molecule has 1 saturated carbocycles. The van der Waals surface area contributed by atoms with Gasteiger partial charge >= 0.3 is 0 Å². The van der Waals surface area contributed by atoms with Crippen molar-refractivity contribution in [2.45, 2.75) is 45.7 Å². The molecule has 1 aromatic rings. The van der Waals surface area contributed by atoms with Crippen LogP contribution >= 0.6 is 0 Å². The number of hydrogen-bond acceptors (Lipinski definition) is 2. The molecule has 0 amide bonds. The summed E-state index contributed by atoms with van der Waals surface area (Å²) in [7, 11) is 0. The van der Waals surface area contributed by atoms with Crippen LogP contribution in [0.3, 0.4) is 0 Å². The zero-order valence-corrected chi connectivity index (χ0v) is 11.9. The van der Waals surface area contributed by atoms with Crippen molar-refractivity contribution in [3.63, 3.8) is 0 Å². The zero-order valence-electron chi connectivity index (χ0n) is 11.9. The third-order valence-electron chi connectivity index (χ3n) is 4.99. The lowest BCUT2D eigenvalue weighted by molar-refractivity contribution is 0.0450. The van der Waals surface area contributed by atoms with E-state index in [-0.39, 0.29) is 5.54 Å². The van der Waals surface area contributed by atoms with Gasteiger partial charge in [0.05, 0.1) is 0 Å². The molecular formula is C16H26N2. The molecule has 2 rings (SSSR count). The van der Waals surface area contributed by atoms with Crippen LogP contribution in [0.25, 0.3) is 0 Å². The summed E-state index contributed by atoms with van der Waals surface area (Å²) in [6.45, 7) is 9.76. The van der Waals surface area contributed by atoms with Crippen LogP contribution in [0.1, 0.15) is 39.2 Å². The molecule has 2 heteroatoms. The van der Waals surface area contributed by atoms with Gasteiger partial charge in [-0.2, -0.15) is 0 Å². The minimum Gasteiger partial charge on any atom is -0.329 e. The van der Waals surface area contributed by atoms with E-state index in [1.54, 1.807) is 0 Å². The van der Waals surface area contributed by atoms with E-state index < -0.39 is 0 Å². The fourth-order valence-electron chi connectivity index (χ4n) is 2.92. The molecule has 0 heterocycles. The molecular weight excluding hydrogens is 220 g/mol. The van der Waals surface area contributed by atoms with Crippen LogP contribution in [0.2, 0.25) is 0 Å². The van der Waals surface area contributed by atoms with E-state index in [2.05, 4.69) is 56.0 Å². The van der Waals surface area contributed by atoms with Gasteiger partial charge in [-0.3, -0.25) is 4.90 Å². The SMILES string of the molecule is CCN(Cc1ccccc1)C(C)(CN)C1(C)CC1. The molecule has 1 aliphatic rings. The van der Waals surface area contributed by atoms with Crippen molar-refractivity contribution >= 4 is 0 Å². The molecule has 1 aromatic carbocycles. The van der Waals surface area contributed by atoms with Gasteiger partial charge in [-0.05, 0) is 37.3 Å². The Labute approximate surface area is 111 Å². The number of benzene rings is 1. The minimum absolute atomic E-state index is 0.123. The van der Waals surface area contributed by atoms with Gasteiger partial charge in [0.15, 0.2) is 0 Å². The van der Waals surface area contributed by atoms with Crippen molar-refractivity contribution < 1.29 is 0 Å². The van der Waals surface area contributed by atoms with Crippen LogP contribution in [-0.4, -0.2) is 23.5 Å². The highest BCUT2D eigenvalue weighted by Gasteiger charge is 2.54. The maximum Gasteiger partial charge on any atom is 0.0360 e. The average molecular weight is 246 g/mol. The summed E-state index contributed by atoms with van der Waals surface area (Å²) in [5, 5.41) is 0. The highest BCUT2D eigenvalue weighted by Crippen LogP contribution is 2.55. The summed E-state index contributed by atoms with van der Waals surface area (Å²) < 4.78 is 0. The van der Waals surface area contributed by atoms with Gasteiger partial charge in [-0.1, -0.05) is 44.2 Å². The van der Waals surface area contributed by atoms with Gasteiger partial charge in [0.25, 0.3) is 0 Å². The molecule has 2 N–H and O–H groups in total. The molecule has 0 bridgehead atoms. The number of hydrogen-bond donors (Lipinski definition) is 1. The summed E-state index contributed by atoms with van der Waals surface area (Å²) in [6.07, 6.45) is 2.62. The maximum atomic E-state index is 6.12. The average Bonchev–Trinajstić information content (AvgIpc) is 3.16. The number of rotatable bonds is 6. The smallest absolute Gasteiger partial charge is 0.0360 e. The molecule has 1 fully saturated rings. The van der Waals surface area contributed by atoms with Gasteiger partial charge in [-0.15, -0.1) is 0 Å². The van der Waals surface area contributed by atoms with Gasteiger partial charge in [-0.25, -0.2) is 0 Å². The Hall–Kier alpha value is -0.860. The van der Waals surface area contributed by atoms with Crippen molar-refractivity contribution in [3.8, 4) is 0 Å². The number of likely N-dealkylation sites (N-methyl/N-ethyl adjacent to an activating group) is 1. The Morgan fingerprint density at radius 2 is 1.89 bits per heavy atom. The Bertz CT molecular complexity index is 383. The van der Waals surface area contributed by atoms with E-state index in [9.17, 15) is 0 Å². The van der Waals surface area contributed by atoms with Crippen LogP contribution in [0, 0.1) is 5.41 Å². The van der Waals surface area contributed by atoms with Gasteiger partial charge in [0.1, 0.15) is 0 Å². The normalized spacial score (nSPS) is 20.7. The van der Waals surface area contributed by atoms with E-state index in [0.29, 0.717) is 5.41 Å². The first kappa shape index (κ1) is 13.6. The summed E-state index contributed by atoms with van der Waals surface area (Å²) in [5.74, 6) is 0. The van der Waals surface area contributed by atoms with Crippen LogP contribution in [-0.2, 0) is 6.54 Å². The monoisotopic (exact) mass is 246 g/mol. The fraction of sp³-hybridized carbons (Fsp3) is 0.625. The molecule has 1 unspecified atom stereocenters. The third-order valence-corrected chi connectivity index (χ3v) is 4.99. The lowest BCUT2D eigenvalue weighted by Crippen LogP contribution is -2.56. The molecule has 0 saturated heterocycles. The molecule has 0 aromatic heterocycles. The summed E-state index contributed by atoms with van der Waals surface area (Å²) in [5.41, 5.74) is 8.03. The fourth-order valence-corrected chi connectivity index (χ4v) is 2.92. The lowest BCUT2D eigenvalue weighted by atomic mass is 9.81. The predicted octanol–water partition coefficient (Wildman–Crippen LogP) is 3.03. The number of nitrogens with two attached hydrogens (primary N) is 1. The minimum atomic E-state index is 0.123. The van der Waals surface area contributed by atoms with Crippen LogP contribution < -0.4 is 5.73 Å². The second kappa shape index (κ2) is 5.02. The Kier molecular flexibility index (Phi) is 3.79. The van der Waals surface area contributed by atoms with Gasteiger partial charge < -0.3 is 5.73 Å². The molecule has 100 valence electrons. The Morgan fingerprint density at radius 1 is 1.28 bits per heavy atom. The molecule has 1 aliphatic carbocycles. The summed E-state index contributed by atoms with van der Waals surface area (Å²) in [6, 6.07) is 10.7. The highest BCUT2D eigenvalue weighted by atomic mass is 15.2. The van der Waals surface area contributed by atoms with Crippen molar-refractivity contribution in [2.75, 3.05) is 13.1 Å². The third kappa shape index (κ3) is 2.32. The first-order valence-electron chi connectivity index (χ1n) is 7.05. The van der Waals surface area contributed by atoms with E-state index in [0.717, 1.165) is 19.6 Å². The molecule has 18 heavy (non-hydrogen) atoms. The van der Waals surface area contributed by atoms with Crippen molar-refractivity contribution in [2.24, 2.45) is 11.1 Å². The second-order valence-corrected chi connectivity index (χ2v) is 6.04. The van der Waals surface area contributed by atoms with Gasteiger partial charge in [0.2, 0.25) is 0 Å². The second-order valence-electron chi connectivity index (χ2n) is 6.04. The van der Waals surface area contributed by atoms with E-state index in [4.69, 9.17) is 5.73 Å². The van der Waals surface area contributed by atoms with Crippen LogP contribution in [0.15, 0.2) is 30.3 Å². The first-order valence-corrected chi connectivity index (χ1v) is 7.05. The highest BCUT2D eigenvalue weighted by molar-refractivity contribution is 5.17. The van der Waals surface area contributed by atoms with Crippen molar-refractivity contribution in [1.82, 2.24) is 4.90 Å². The molecule has 1 atom stereocenters. The van der Waals surface area contributed by atoms with Gasteiger partial charge in [0, 0.05) is 18.6 Å². The van der Waals surface area contributed by atoms with Crippen molar-refractivity contribution in [1.29, 1.82) is 0 Å². The quantitative estimate of drug-likeness (QED) is 0.836. The zero-order chi connectivity index (χ0) is 13.2. The van der Waals surface area contributed by atoms with Crippen molar-refractivity contribution in [3.05, 3.63) is 35.9 Å². The maximum absolute atomic E-state index is 6.12. The lowest BCUT2D eigenvalue weighted by Gasteiger charge is -2.45. The standard InChI is InChI=1S/C16H26N2/c1-4-18(12-14-8-6-5-7-9-14)16(3,13-17)15(2)10-11-15/h5-9H,4,10-13,17H2,1-3H3. The molecule has 0 radical (unpaired) electrons. The molecule has 2 nitrogen and oxygen atoms in total. The first-order chi connectivity index (χ1) is 8.55. The largest absolute Gasteiger partial charge is 0.329 e. The van der Waals surface area contributed by atoms with E-state index >= 15 is 0 Å². The summed E-state index contributed by atoms with van der Waals surface area (Å²) >= 11 is 0. The molecule has 0 spiro atoms. The van der Waals surface area contributed by atoms with E-state index in [1.807, 2.05) is 0 Å². The number of nitrogens with zero attached hydrogens (tertiary/aromatic N) is 1. The topological polar surface area (TPSA) is 29.3 Å². The Morgan fingerprint density at radius 3 is 2.33 bits per heavy atom. The Balaban J connectivity index is 2.17. The van der Waals surface area contributed by atoms with Crippen LogP contribution in [0.4, 0.5) is 0 Å². The molecule has 0 aliphatic heterocycles. The van der Waals surface area contributed by atoms with Crippen LogP contribution in [0.5, 0.6) is 0 Å².